The molecular formula is C30H22Cl2N2OS. The predicted octanol–water partition coefficient (Wildman–Crippen LogP) is 6.79. The van der Waals surface area contributed by atoms with Gasteiger partial charge in [-0.1, -0.05) is 101 Å². The number of nitrogens with zero attached hydrogens (tertiary/aromatic N) is 2. The fourth-order valence-corrected chi connectivity index (χ4v) is 6.46. The summed E-state index contributed by atoms with van der Waals surface area (Å²) in [5.74, 6) is 0. The molecule has 1 unspecified atom stereocenters. The molecule has 6 heteroatoms. The summed E-state index contributed by atoms with van der Waals surface area (Å²) in [6.07, 6.45) is 6.99. The number of allylic oxidation sites excluding steroid dienone is 2. The lowest BCUT2D eigenvalue weighted by molar-refractivity contribution is 0.553. The van der Waals surface area contributed by atoms with E-state index >= 15 is 0 Å². The summed E-state index contributed by atoms with van der Waals surface area (Å²) in [5.41, 5.74) is 6.42. The molecule has 2 heterocycles. The monoisotopic (exact) mass is 528 g/mol. The van der Waals surface area contributed by atoms with Crippen molar-refractivity contribution in [1.29, 1.82) is 0 Å². The van der Waals surface area contributed by atoms with Gasteiger partial charge < -0.3 is 0 Å². The smallest absolute Gasteiger partial charge is 0.271 e. The summed E-state index contributed by atoms with van der Waals surface area (Å²) in [5, 5.41) is 1.08. The van der Waals surface area contributed by atoms with Crippen molar-refractivity contribution in [3.63, 3.8) is 0 Å². The van der Waals surface area contributed by atoms with E-state index in [1.807, 2.05) is 41.0 Å². The maximum atomic E-state index is 13.8. The molecule has 0 amide bonds. The average molecular weight is 529 g/mol. The van der Waals surface area contributed by atoms with Crippen LogP contribution < -0.4 is 14.9 Å². The number of rotatable bonds is 3. The molecule has 3 aromatic carbocycles. The molecule has 4 aromatic rings. The van der Waals surface area contributed by atoms with Crippen molar-refractivity contribution in [2.24, 2.45) is 4.99 Å². The first-order valence-corrected chi connectivity index (χ1v) is 13.5. The quantitative estimate of drug-likeness (QED) is 0.288. The van der Waals surface area contributed by atoms with E-state index < -0.39 is 0 Å². The van der Waals surface area contributed by atoms with Gasteiger partial charge >= 0.3 is 0 Å². The Bertz CT molecular complexity index is 1700. The molecule has 2 aliphatic rings. The fraction of sp³-hybridized carbons (Fsp3) is 0.133. The molecule has 0 radical (unpaired) electrons. The highest BCUT2D eigenvalue weighted by molar-refractivity contribution is 7.07. The second kappa shape index (κ2) is 9.70. The van der Waals surface area contributed by atoms with E-state index in [4.69, 9.17) is 28.2 Å². The Morgan fingerprint density at radius 1 is 0.917 bits per heavy atom. The third-order valence-electron chi connectivity index (χ3n) is 6.64. The van der Waals surface area contributed by atoms with Crippen LogP contribution in [0.15, 0.2) is 105 Å². The fourth-order valence-electron chi connectivity index (χ4n) is 5.00. The van der Waals surface area contributed by atoms with Gasteiger partial charge in [0.2, 0.25) is 0 Å². The molecule has 3 nitrogen and oxygen atoms in total. The van der Waals surface area contributed by atoms with E-state index in [-0.39, 0.29) is 11.6 Å². The lowest BCUT2D eigenvalue weighted by Gasteiger charge is -2.31. The zero-order valence-corrected chi connectivity index (χ0v) is 21.7. The Balaban J connectivity index is 1.59. The summed E-state index contributed by atoms with van der Waals surface area (Å²) in [7, 11) is 0. The lowest BCUT2D eigenvalue weighted by Crippen LogP contribution is -2.39. The first-order valence-electron chi connectivity index (χ1n) is 11.9. The highest BCUT2D eigenvalue weighted by atomic mass is 35.5. The number of fused-ring (bicyclic) bond motifs is 1. The van der Waals surface area contributed by atoms with E-state index in [1.165, 1.54) is 22.5 Å². The van der Waals surface area contributed by atoms with E-state index in [0.717, 1.165) is 41.6 Å². The number of halogens is 2. The summed E-state index contributed by atoms with van der Waals surface area (Å²) in [4.78, 5) is 19.6. The van der Waals surface area contributed by atoms with Gasteiger partial charge in [0.1, 0.15) is 0 Å². The topological polar surface area (TPSA) is 34.4 Å². The van der Waals surface area contributed by atoms with Crippen LogP contribution in [0, 0.1) is 0 Å². The largest absolute Gasteiger partial charge is 0.272 e. The molecule has 1 atom stereocenters. The molecule has 6 rings (SSSR count). The SMILES string of the molecule is O=c1c(=Cc2ccc(Cl)cc2Cl)sc2n1C(c1ccccc1)C1=C(N=2)C(=Cc2ccccc2)CCC1. The van der Waals surface area contributed by atoms with Crippen LogP contribution in [0.25, 0.3) is 12.2 Å². The first-order chi connectivity index (χ1) is 17.6. The van der Waals surface area contributed by atoms with Crippen LogP contribution in [0.3, 0.4) is 0 Å². The van der Waals surface area contributed by atoms with Crippen LogP contribution in [0.2, 0.25) is 10.0 Å². The van der Waals surface area contributed by atoms with Gasteiger partial charge in [-0.25, -0.2) is 4.99 Å². The molecule has 0 N–H and O–H groups in total. The molecule has 178 valence electrons. The maximum Gasteiger partial charge on any atom is 0.271 e. The Labute approximate surface area is 223 Å². The number of thiazole rings is 1. The zero-order valence-electron chi connectivity index (χ0n) is 19.3. The van der Waals surface area contributed by atoms with Crippen LogP contribution in [-0.2, 0) is 0 Å². The third kappa shape index (κ3) is 4.30. The summed E-state index contributed by atoms with van der Waals surface area (Å²) >= 11 is 13.9. The highest BCUT2D eigenvalue weighted by Gasteiger charge is 2.32. The highest BCUT2D eigenvalue weighted by Crippen LogP contribution is 2.41. The standard InChI is InChI=1S/C30H22Cl2N2OS/c31-23-15-14-21(25(32)18-23)17-26-29(35)34-28(20-10-5-2-6-11-20)24-13-7-12-22(27(24)33-30(34)36-26)16-19-8-3-1-4-9-19/h1-6,8-11,14-18,28H,7,12-13H2. The van der Waals surface area contributed by atoms with Gasteiger partial charge in [-0.3, -0.25) is 9.36 Å². The molecular weight excluding hydrogens is 507 g/mol. The molecule has 0 saturated heterocycles. The molecule has 1 aliphatic heterocycles. The molecule has 0 fully saturated rings. The predicted molar refractivity (Wildman–Crippen MR) is 149 cm³/mol. The van der Waals surface area contributed by atoms with Gasteiger partial charge in [0.15, 0.2) is 4.80 Å². The number of hydrogen-bond acceptors (Lipinski definition) is 3. The molecule has 0 spiro atoms. The minimum atomic E-state index is -0.181. The minimum absolute atomic E-state index is 0.0515. The van der Waals surface area contributed by atoms with Crippen LogP contribution in [0.5, 0.6) is 0 Å². The van der Waals surface area contributed by atoms with E-state index in [9.17, 15) is 4.79 Å². The molecule has 1 aromatic heterocycles. The first kappa shape index (κ1) is 23.2. The maximum absolute atomic E-state index is 13.8. The van der Waals surface area contributed by atoms with Gasteiger partial charge in [-0.2, -0.15) is 0 Å². The van der Waals surface area contributed by atoms with Gasteiger partial charge in [0.05, 0.1) is 16.3 Å². The summed E-state index contributed by atoms with van der Waals surface area (Å²) in [6.45, 7) is 0. The Hall–Kier alpha value is -3.18. The van der Waals surface area contributed by atoms with Crippen LogP contribution >= 0.6 is 34.5 Å². The van der Waals surface area contributed by atoms with Gasteiger partial charge in [0, 0.05) is 10.0 Å². The van der Waals surface area contributed by atoms with Crippen molar-refractivity contribution in [2.45, 2.75) is 25.3 Å². The van der Waals surface area contributed by atoms with E-state index in [0.29, 0.717) is 19.4 Å². The minimum Gasteiger partial charge on any atom is -0.272 e. The van der Waals surface area contributed by atoms with E-state index in [1.54, 1.807) is 12.1 Å². The lowest BCUT2D eigenvalue weighted by atomic mass is 9.84. The molecule has 0 bridgehead atoms. The Morgan fingerprint density at radius 3 is 2.42 bits per heavy atom. The molecule has 1 aliphatic carbocycles. The second-order valence-corrected chi connectivity index (χ2v) is 10.8. The van der Waals surface area contributed by atoms with Gasteiger partial charge in [0.25, 0.3) is 5.56 Å². The van der Waals surface area contributed by atoms with Crippen LogP contribution in [0.4, 0.5) is 0 Å². The van der Waals surface area contributed by atoms with Crippen molar-refractivity contribution >= 4 is 46.7 Å². The average Bonchev–Trinajstić information content (AvgIpc) is 3.20. The van der Waals surface area contributed by atoms with Crippen LogP contribution in [0.1, 0.15) is 42.0 Å². The summed E-state index contributed by atoms with van der Waals surface area (Å²) < 4.78 is 2.47. The molecule has 0 saturated carbocycles. The van der Waals surface area contributed by atoms with Crippen molar-refractivity contribution < 1.29 is 0 Å². The van der Waals surface area contributed by atoms with Gasteiger partial charge in [-0.15, -0.1) is 0 Å². The Morgan fingerprint density at radius 2 is 1.67 bits per heavy atom. The summed E-state index contributed by atoms with van der Waals surface area (Å²) in [6, 6.07) is 25.8. The number of aromatic nitrogens is 1. The zero-order chi connectivity index (χ0) is 24.6. The Kier molecular flexibility index (Phi) is 6.26. The normalized spacial score (nSPS) is 18.7. The van der Waals surface area contributed by atoms with E-state index in [2.05, 4.69) is 42.5 Å². The van der Waals surface area contributed by atoms with Crippen molar-refractivity contribution in [2.75, 3.05) is 0 Å². The molecule has 36 heavy (non-hydrogen) atoms. The number of hydrogen-bond donors (Lipinski definition) is 0. The van der Waals surface area contributed by atoms with Crippen molar-refractivity contribution in [3.8, 4) is 0 Å². The van der Waals surface area contributed by atoms with Crippen LogP contribution in [-0.4, -0.2) is 4.57 Å². The third-order valence-corrected chi connectivity index (χ3v) is 8.18. The second-order valence-electron chi connectivity index (χ2n) is 8.97. The number of benzene rings is 3. The van der Waals surface area contributed by atoms with Crippen molar-refractivity contribution in [3.05, 3.63) is 142 Å². The van der Waals surface area contributed by atoms with Gasteiger partial charge in [-0.05, 0) is 71.4 Å². The van der Waals surface area contributed by atoms with Crippen molar-refractivity contribution in [1.82, 2.24) is 4.57 Å².